The molecule has 9 rings (SSSR count). The quantitative estimate of drug-likeness (QED) is 0.199. The van der Waals surface area contributed by atoms with Crippen LogP contribution in [-0.4, -0.2) is 69.3 Å². The van der Waals surface area contributed by atoms with Gasteiger partial charge in [0.2, 0.25) is 0 Å². The number of benzene rings is 3. The predicted molar refractivity (Wildman–Crippen MR) is 291 cm³/mol. The maximum Gasteiger partial charge on any atom is 0.119 e. The van der Waals surface area contributed by atoms with Crippen LogP contribution in [0.25, 0.3) is 0 Å². The Bertz CT molecular complexity index is 1800. The number of hydrogen-bond acceptors (Lipinski definition) is 6. The molecule has 3 aliphatic heterocycles. The summed E-state index contributed by atoms with van der Waals surface area (Å²) in [5.41, 5.74) is 11.6. The van der Waals surface area contributed by atoms with Crippen LogP contribution >= 0.6 is 0 Å². The molecular formula is C63H99N3O3. The SMILES string of the molecule is Cc1cc(O)c(C2CCCCC2)cc1CN1C[C@H](C)C[C@H](C)C1.Cc1cc(O)c(C2CCCCC2)cc1CN1C[C@H](C)C[C@H](C)C1.Cc1cc(O)c(C2CCCCC2)cc1CN1C[C@H](C)C[C@H](C)C1. The second-order valence-electron chi connectivity index (χ2n) is 24.9. The largest absolute Gasteiger partial charge is 0.508 e. The number of rotatable bonds is 9. The molecule has 3 saturated carbocycles. The lowest BCUT2D eigenvalue weighted by Crippen LogP contribution is -2.38. The molecule has 3 aromatic carbocycles. The van der Waals surface area contributed by atoms with Gasteiger partial charge < -0.3 is 15.3 Å². The van der Waals surface area contributed by atoms with Crippen LogP contribution in [0.1, 0.15) is 225 Å². The first kappa shape index (κ1) is 53.7. The van der Waals surface area contributed by atoms with Gasteiger partial charge in [-0.3, -0.25) is 14.7 Å². The lowest BCUT2D eigenvalue weighted by atomic mass is 9.82. The number of phenols is 3. The molecule has 3 heterocycles. The molecule has 0 unspecified atom stereocenters. The summed E-state index contributed by atoms with van der Waals surface area (Å²) in [5, 5.41) is 31.3. The van der Waals surface area contributed by atoms with E-state index in [0.717, 1.165) is 55.1 Å². The van der Waals surface area contributed by atoms with E-state index in [0.29, 0.717) is 35.0 Å². The van der Waals surface area contributed by atoms with Gasteiger partial charge in [-0.25, -0.2) is 0 Å². The highest BCUT2D eigenvalue weighted by Crippen LogP contribution is 2.42. The van der Waals surface area contributed by atoms with Crippen LogP contribution in [0.4, 0.5) is 0 Å². The molecule has 0 amide bonds. The Hall–Kier alpha value is -3.06. The third kappa shape index (κ3) is 15.5. The molecule has 384 valence electrons. The van der Waals surface area contributed by atoms with Gasteiger partial charge in [0.15, 0.2) is 0 Å². The number of aryl methyl sites for hydroxylation is 3. The van der Waals surface area contributed by atoms with E-state index in [2.05, 4.69) is 95.2 Å². The molecule has 0 bridgehead atoms. The minimum atomic E-state index is 0.526. The fraction of sp³-hybridized carbons (Fsp3) is 0.714. The molecule has 3 saturated heterocycles. The van der Waals surface area contributed by atoms with Gasteiger partial charge >= 0.3 is 0 Å². The van der Waals surface area contributed by atoms with Crippen LogP contribution in [0.3, 0.4) is 0 Å². The van der Waals surface area contributed by atoms with Crippen LogP contribution in [0, 0.1) is 56.3 Å². The van der Waals surface area contributed by atoms with E-state index in [1.165, 1.54) is 205 Å². The van der Waals surface area contributed by atoms with Crippen molar-refractivity contribution < 1.29 is 15.3 Å². The molecule has 3 N–H and O–H groups in total. The second kappa shape index (κ2) is 25.5. The van der Waals surface area contributed by atoms with Gasteiger partial charge in [0.25, 0.3) is 0 Å². The first-order valence-electron chi connectivity index (χ1n) is 28.7. The average Bonchev–Trinajstić information content (AvgIpc) is 3.29. The Morgan fingerprint density at radius 2 is 0.565 bits per heavy atom. The average molecular weight is 947 g/mol. The molecule has 6 heteroatoms. The van der Waals surface area contributed by atoms with Gasteiger partial charge in [-0.1, -0.05) is 118 Å². The van der Waals surface area contributed by atoms with Gasteiger partial charge in [0.1, 0.15) is 17.2 Å². The number of likely N-dealkylation sites (tertiary alicyclic amines) is 3. The van der Waals surface area contributed by atoms with Gasteiger partial charge in [-0.15, -0.1) is 0 Å². The van der Waals surface area contributed by atoms with E-state index >= 15 is 0 Å². The first-order chi connectivity index (χ1) is 33.1. The van der Waals surface area contributed by atoms with Crippen LogP contribution in [0.15, 0.2) is 36.4 Å². The lowest BCUT2D eigenvalue weighted by Gasteiger charge is -2.35. The van der Waals surface area contributed by atoms with Crippen molar-refractivity contribution in [1.82, 2.24) is 14.7 Å². The molecule has 6 nitrogen and oxygen atoms in total. The van der Waals surface area contributed by atoms with Crippen molar-refractivity contribution >= 4 is 0 Å². The standard InChI is InChI=1S/3C21H33NO/c3*1-15-9-16(2)13-22(12-15)14-19-11-20(21(23)10-17(19)3)18-7-5-4-6-8-18/h3*10-11,15-16,18,23H,4-9,12-14H2,1-3H3/t3*15-,16+. The predicted octanol–water partition coefficient (Wildman–Crippen LogP) is 15.7. The molecule has 6 aliphatic rings. The van der Waals surface area contributed by atoms with Crippen molar-refractivity contribution in [3.8, 4) is 17.2 Å². The second-order valence-corrected chi connectivity index (χ2v) is 24.9. The summed E-state index contributed by atoms with van der Waals surface area (Å²) in [4.78, 5) is 7.84. The summed E-state index contributed by atoms with van der Waals surface area (Å²) < 4.78 is 0. The normalized spacial score (nSPS) is 27.3. The Morgan fingerprint density at radius 1 is 0.348 bits per heavy atom. The van der Waals surface area contributed by atoms with Crippen LogP contribution in [0.2, 0.25) is 0 Å². The summed E-state index contributed by atoms with van der Waals surface area (Å²) >= 11 is 0. The summed E-state index contributed by atoms with van der Waals surface area (Å²) in [6.45, 7) is 31.1. The Balaban J connectivity index is 0.000000153. The fourth-order valence-electron chi connectivity index (χ4n) is 14.5. The smallest absolute Gasteiger partial charge is 0.119 e. The van der Waals surface area contributed by atoms with E-state index in [4.69, 9.17) is 0 Å². The van der Waals surface area contributed by atoms with Gasteiger partial charge in [0, 0.05) is 58.9 Å². The Kier molecular flexibility index (Phi) is 19.9. The van der Waals surface area contributed by atoms with Crippen LogP contribution < -0.4 is 0 Å². The van der Waals surface area contributed by atoms with Gasteiger partial charge in [-0.2, -0.15) is 0 Å². The van der Waals surface area contributed by atoms with Crippen LogP contribution in [-0.2, 0) is 19.6 Å². The minimum Gasteiger partial charge on any atom is -0.508 e. The number of hydrogen-bond donors (Lipinski definition) is 3. The lowest BCUT2D eigenvalue weighted by molar-refractivity contribution is 0.134. The fourth-order valence-corrected chi connectivity index (χ4v) is 14.5. The molecule has 6 atom stereocenters. The monoisotopic (exact) mass is 946 g/mol. The van der Waals surface area contributed by atoms with E-state index in [9.17, 15) is 15.3 Å². The molecule has 6 fully saturated rings. The summed E-state index contributed by atoms with van der Waals surface area (Å²) in [6, 6.07) is 13.0. The third-order valence-electron chi connectivity index (χ3n) is 17.6. The van der Waals surface area contributed by atoms with Crippen molar-refractivity contribution in [3.63, 3.8) is 0 Å². The van der Waals surface area contributed by atoms with E-state index in [-0.39, 0.29) is 0 Å². The number of piperidine rings is 3. The summed E-state index contributed by atoms with van der Waals surface area (Å²) in [6.07, 6.45) is 23.5. The molecule has 69 heavy (non-hydrogen) atoms. The zero-order valence-corrected chi connectivity index (χ0v) is 45.4. The maximum absolute atomic E-state index is 10.4. The minimum absolute atomic E-state index is 0.526. The summed E-state index contributed by atoms with van der Waals surface area (Å²) in [7, 11) is 0. The highest BCUT2D eigenvalue weighted by molar-refractivity contribution is 5.45. The topological polar surface area (TPSA) is 70.4 Å². The van der Waals surface area contributed by atoms with Crippen molar-refractivity contribution in [2.24, 2.45) is 35.5 Å². The van der Waals surface area contributed by atoms with Crippen molar-refractivity contribution in [2.45, 2.75) is 215 Å². The maximum atomic E-state index is 10.4. The highest BCUT2D eigenvalue weighted by Gasteiger charge is 2.28. The van der Waals surface area contributed by atoms with Crippen LogP contribution in [0.5, 0.6) is 17.2 Å². The van der Waals surface area contributed by atoms with E-state index in [1.807, 2.05) is 18.2 Å². The summed E-state index contributed by atoms with van der Waals surface area (Å²) in [5.74, 6) is 8.09. The van der Waals surface area contributed by atoms with E-state index in [1.54, 1.807) is 0 Å². The highest BCUT2D eigenvalue weighted by atomic mass is 16.3. The Morgan fingerprint density at radius 3 is 0.783 bits per heavy atom. The number of nitrogens with zero attached hydrogens (tertiary/aromatic N) is 3. The Labute approximate surface area is 422 Å². The molecular weight excluding hydrogens is 847 g/mol. The van der Waals surface area contributed by atoms with Gasteiger partial charge in [0.05, 0.1) is 0 Å². The van der Waals surface area contributed by atoms with Gasteiger partial charge in [-0.05, 0) is 200 Å². The van der Waals surface area contributed by atoms with Crippen molar-refractivity contribution in [2.75, 3.05) is 39.3 Å². The molecule has 0 radical (unpaired) electrons. The van der Waals surface area contributed by atoms with E-state index < -0.39 is 0 Å². The molecule has 0 spiro atoms. The van der Waals surface area contributed by atoms with Crippen molar-refractivity contribution in [3.05, 3.63) is 86.5 Å². The van der Waals surface area contributed by atoms with Crippen molar-refractivity contribution in [1.29, 1.82) is 0 Å². The first-order valence-corrected chi connectivity index (χ1v) is 28.7. The third-order valence-corrected chi connectivity index (χ3v) is 17.6. The number of aromatic hydroxyl groups is 3. The molecule has 0 aromatic heterocycles. The molecule has 3 aliphatic carbocycles. The zero-order valence-electron chi connectivity index (χ0n) is 45.4. The molecule has 3 aromatic rings. The number of phenolic OH excluding ortho intramolecular Hbond substituents is 3. The zero-order chi connectivity index (χ0) is 49.2.